The minimum atomic E-state index is -0.874. The number of methoxy groups -OCH3 is 1. The van der Waals surface area contributed by atoms with Crippen LogP contribution in [0.5, 0.6) is 0 Å². The van der Waals surface area contributed by atoms with E-state index in [1.165, 1.54) is 19.2 Å². The van der Waals surface area contributed by atoms with Crippen LogP contribution in [0.3, 0.4) is 0 Å². The van der Waals surface area contributed by atoms with Gasteiger partial charge in [-0.25, -0.2) is 4.39 Å². The third-order valence-electron chi connectivity index (χ3n) is 4.15. The molecule has 0 fully saturated rings. The molecule has 114 valence electrons. The highest BCUT2D eigenvalue weighted by molar-refractivity contribution is 5.72. The number of aliphatic hydroxyl groups is 1. The lowest BCUT2D eigenvalue weighted by Gasteiger charge is -2.15. The fraction of sp³-hybridized carbons (Fsp3) is 0.278. The van der Waals surface area contributed by atoms with E-state index in [2.05, 4.69) is 4.74 Å². The third kappa shape index (κ3) is 2.74. The Morgan fingerprint density at radius 2 is 1.82 bits per heavy atom. The van der Waals surface area contributed by atoms with E-state index < -0.39 is 6.10 Å². The summed E-state index contributed by atoms with van der Waals surface area (Å²) in [6.45, 7) is 0. The van der Waals surface area contributed by atoms with E-state index in [0.717, 1.165) is 35.1 Å². The van der Waals surface area contributed by atoms with Gasteiger partial charge in [-0.3, -0.25) is 4.79 Å². The van der Waals surface area contributed by atoms with Crippen molar-refractivity contribution in [2.75, 3.05) is 7.11 Å². The summed E-state index contributed by atoms with van der Waals surface area (Å²) in [5.41, 5.74) is 4.11. The Kier molecular flexibility index (Phi) is 3.94. The second kappa shape index (κ2) is 5.89. The van der Waals surface area contributed by atoms with Crippen molar-refractivity contribution in [2.45, 2.75) is 25.4 Å². The van der Waals surface area contributed by atoms with Crippen LogP contribution in [-0.2, 0) is 28.8 Å². The van der Waals surface area contributed by atoms with E-state index in [-0.39, 0.29) is 18.2 Å². The average molecular weight is 300 g/mol. The summed E-state index contributed by atoms with van der Waals surface area (Å²) < 4.78 is 18.2. The quantitative estimate of drug-likeness (QED) is 0.868. The number of esters is 1. The molecule has 2 aromatic rings. The van der Waals surface area contributed by atoms with E-state index in [4.69, 9.17) is 0 Å². The summed E-state index contributed by atoms with van der Waals surface area (Å²) in [7, 11) is 1.35. The van der Waals surface area contributed by atoms with Crippen LogP contribution in [0.15, 0.2) is 36.4 Å². The Balaban J connectivity index is 2.02. The van der Waals surface area contributed by atoms with Crippen LogP contribution >= 0.6 is 0 Å². The molecule has 4 heteroatoms. The molecule has 1 aliphatic rings. The normalized spacial score (nSPS) is 16.4. The summed E-state index contributed by atoms with van der Waals surface area (Å²) in [5, 5.41) is 10.7. The molecule has 0 spiro atoms. The fourth-order valence-corrected chi connectivity index (χ4v) is 2.96. The van der Waals surface area contributed by atoms with Gasteiger partial charge in [0, 0.05) is 0 Å². The van der Waals surface area contributed by atoms with Gasteiger partial charge in [0.2, 0.25) is 0 Å². The molecule has 0 aromatic heterocycles. The van der Waals surface area contributed by atoms with E-state index in [1.54, 1.807) is 6.07 Å². The molecule has 1 aliphatic carbocycles. The zero-order chi connectivity index (χ0) is 15.7. The number of hydrogen-bond acceptors (Lipinski definition) is 3. The smallest absolute Gasteiger partial charge is 0.309 e. The van der Waals surface area contributed by atoms with E-state index >= 15 is 0 Å². The molecule has 22 heavy (non-hydrogen) atoms. The number of carbonyl (C=O) groups excluding carboxylic acids is 1. The number of aliphatic hydroxyl groups excluding tert-OH is 1. The first-order valence-corrected chi connectivity index (χ1v) is 7.23. The Bertz CT molecular complexity index is 724. The van der Waals surface area contributed by atoms with Crippen molar-refractivity contribution in [3.8, 4) is 0 Å². The Morgan fingerprint density at radius 3 is 2.50 bits per heavy atom. The molecule has 1 unspecified atom stereocenters. The van der Waals surface area contributed by atoms with Gasteiger partial charge in [-0.1, -0.05) is 24.3 Å². The molecule has 0 bridgehead atoms. The number of ether oxygens (including phenoxy) is 1. The highest BCUT2D eigenvalue weighted by Crippen LogP contribution is 2.33. The lowest BCUT2D eigenvalue weighted by molar-refractivity contribution is -0.139. The molecule has 3 nitrogen and oxygen atoms in total. The van der Waals surface area contributed by atoms with Gasteiger partial charge < -0.3 is 9.84 Å². The molecule has 0 saturated heterocycles. The van der Waals surface area contributed by atoms with Crippen LogP contribution in [0.2, 0.25) is 0 Å². The van der Waals surface area contributed by atoms with Crippen molar-refractivity contribution in [1.82, 2.24) is 0 Å². The highest BCUT2D eigenvalue weighted by atomic mass is 19.1. The van der Waals surface area contributed by atoms with Gasteiger partial charge in [0.15, 0.2) is 0 Å². The highest BCUT2D eigenvalue weighted by Gasteiger charge is 2.22. The zero-order valence-corrected chi connectivity index (χ0v) is 12.3. The molecule has 0 heterocycles. The van der Waals surface area contributed by atoms with Crippen LogP contribution in [0.1, 0.15) is 33.9 Å². The lowest BCUT2D eigenvalue weighted by Crippen LogP contribution is -2.07. The number of rotatable bonds is 2. The van der Waals surface area contributed by atoms with Gasteiger partial charge in [-0.15, -0.1) is 0 Å². The Labute approximate surface area is 128 Å². The van der Waals surface area contributed by atoms with Crippen molar-refractivity contribution in [3.63, 3.8) is 0 Å². The average Bonchev–Trinajstić information content (AvgIpc) is 2.65. The summed E-state index contributed by atoms with van der Waals surface area (Å²) >= 11 is 0. The molecule has 0 aliphatic heterocycles. The Morgan fingerprint density at radius 1 is 1.18 bits per heavy atom. The number of carbonyl (C=O) groups is 1. The van der Waals surface area contributed by atoms with Crippen molar-refractivity contribution in [3.05, 3.63) is 70.0 Å². The van der Waals surface area contributed by atoms with E-state index in [0.29, 0.717) is 5.56 Å². The third-order valence-corrected chi connectivity index (χ3v) is 4.15. The van der Waals surface area contributed by atoms with E-state index in [1.807, 2.05) is 18.2 Å². The van der Waals surface area contributed by atoms with Gasteiger partial charge in [0.1, 0.15) is 11.9 Å². The number of halogens is 1. The maximum Gasteiger partial charge on any atom is 0.309 e. The topological polar surface area (TPSA) is 46.5 Å². The molecule has 0 saturated carbocycles. The molecule has 3 rings (SSSR count). The van der Waals surface area contributed by atoms with Crippen molar-refractivity contribution >= 4 is 5.97 Å². The van der Waals surface area contributed by atoms with Crippen LogP contribution in [0.4, 0.5) is 4.39 Å². The van der Waals surface area contributed by atoms with Crippen molar-refractivity contribution in [2.24, 2.45) is 0 Å². The lowest BCUT2D eigenvalue weighted by atomic mass is 9.95. The number of benzene rings is 2. The number of aryl methyl sites for hydroxylation is 2. The zero-order valence-electron chi connectivity index (χ0n) is 12.3. The molecular weight excluding hydrogens is 283 g/mol. The van der Waals surface area contributed by atoms with Gasteiger partial charge in [0.25, 0.3) is 0 Å². The van der Waals surface area contributed by atoms with Crippen LogP contribution in [-0.4, -0.2) is 18.2 Å². The second-order valence-electron chi connectivity index (χ2n) is 5.53. The van der Waals surface area contributed by atoms with Crippen LogP contribution < -0.4 is 0 Å². The molecular formula is C18H17FO3. The standard InChI is InChI=1S/C18H17FO3/c1-22-17(20)9-11-2-3-12-4-5-13-6-7-14(19)10-16(13)18(21)15(12)8-11/h2-3,6-8,10,18,21H,4-5,9H2,1H3. The largest absolute Gasteiger partial charge is 0.469 e. The Hall–Kier alpha value is -2.20. The summed E-state index contributed by atoms with van der Waals surface area (Å²) in [6, 6.07) is 10.2. The molecule has 1 atom stereocenters. The van der Waals surface area contributed by atoms with Gasteiger partial charge in [-0.05, 0) is 52.8 Å². The summed E-state index contributed by atoms with van der Waals surface area (Å²) in [5.74, 6) is -0.679. The molecule has 0 radical (unpaired) electrons. The summed E-state index contributed by atoms with van der Waals surface area (Å²) in [6.07, 6.45) is 0.826. The predicted octanol–water partition coefficient (Wildman–Crippen LogP) is 2.72. The SMILES string of the molecule is COC(=O)Cc1ccc2c(c1)C(O)c1cc(F)ccc1CC2. The van der Waals surface area contributed by atoms with Gasteiger partial charge in [-0.2, -0.15) is 0 Å². The maximum atomic E-state index is 13.5. The molecule has 0 amide bonds. The first kappa shape index (κ1) is 14.7. The minimum Gasteiger partial charge on any atom is -0.469 e. The number of fused-ring (bicyclic) bond motifs is 2. The van der Waals surface area contributed by atoms with Gasteiger partial charge >= 0.3 is 5.97 Å². The van der Waals surface area contributed by atoms with E-state index in [9.17, 15) is 14.3 Å². The predicted molar refractivity (Wildman–Crippen MR) is 80.0 cm³/mol. The first-order chi connectivity index (χ1) is 10.6. The summed E-state index contributed by atoms with van der Waals surface area (Å²) in [4.78, 5) is 11.4. The first-order valence-electron chi connectivity index (χ1n) is 7.23. The van der Waals surface area contributed by atoms with Gasteiger partial charge in [0.05, 0.1) is 13.5 Å². The molecule has 1 N–H and O–H groups in total. The van der Waals surface area contributed by atoms with Crippen molar-refractivity contribution < 1.29 is 19.0 Å². The van der Waals surface area contributed by atoms with Crippen LogP contribution in [0, 0.1) is 5.82 Å². The number of hydrogen-bond donors (Lipinski definition) is 1. The van der Waals surface area contributed by atoms with Crippen molar-refractivity contribution in [1.29, 1.82) is 0 Å². The monoisotopic (exact) mass is 300 g/mol. The fourth-order valence-electron chi connectivity index (χ4n) is 2.96. The minimum absolute atomic E-state index is 0.159. The van der Waals surface area contributed by atoms with Crippen LogP contribution in [0.25, 0.3) is 0 Å². The maximum absolute atomic E-state index is 13.5. The second-order valence-corrected chi connectivity index (χ2v) is 5.53. The molecule has 2 aromatic carbocycles.